The van der Waals surface area contributed by atoms with Crippen LogP contribution in [0.5, 0.6) is 0 Å². The highest BCUT2D eigenvalue weighted by Gasteiger charge is 2.14. The van der Waals surface area contributed by atoms with Gasteiger partial charge in [-0.2, -0.15) is 0 Å². The number of carbonyl (C=O) groups is 1. The Hall–Kier alpha value is -2.28. The van der Waals surface area contributed by atoms with E-state index >= 15 is 0 Å². The summed E-state index contributed by atoms with van der Waals surface area (Å²) in [4.78, 5) is 12.3. The number of hydrogen-bond acceptors (Lipinski definition) is 4. The van der Waals surface area contributed by atoms with Crippen molar-refractivity contribution in [2.75, 3.05) is 11.1 Å². The SMILES string of the molecule is Cc1cc(C)c2c(c1)c(C)cc1nnc(SCCC(=O)Nc3cc(Cl)ccc3Cl)n12. The number of anilines is 1. The summed E-state index contributed by atoms with van der Waals surface area (Å²) >= 11 is 13.6. The lowest BCUT2D eigenvalue weighted by atomic mass is 10.0. The number of fused-ring (bicyclic) bond motifs is 3. The molecule has 1 N–H and O–H groups in total. The van der Waals surface area contributed by atoms with Crippen LogP contribution in [0.1, 0.15) is 23.1 Å². The number of thioether (sulfide) groups is 1. The first-order valence-electron chi connectivity index (χ1n) is 9.47. The molecular weight excluding hydrogens is 439 g/mol. The van der Waals surface area contributed by atoms with E-state index in [-0.39, 0.29) is 5.91 Å². The van der Waals surface area contributed by atoms with Crippen molar-refractivity contribution in [2.45, 2.75) is 32.3 Å². The van der Waals surface area contributed by atoms with E-state index in [9.17, 15) is 4.79 Å². The maximum Gasteiger partial charge on any atom is 0.225 e. The maximum atomic E-state index is 12.3. The highest BCUT2D eigenvalue weighted by Crippen LogP contribution is 2.30. The second kappa shape index (κ2) is 8.46. The summed E-state index contributed by atoms with van der Waals surface area (Å²) in [5, 5.41) is 14.4. The Labute approximate surface area is 188 Å². The highest BCUT2D eigenvalue weighted by atomic mass is 35.5. The van der Waals surface area contributed by atoms with E-state index in [1.165, 1.54) is 33.8 Å². The molecule has 5 nitrogen and oxygen atoms in total. The van der Waals surface area contributed by atoms with E-state index in [0.29, 0.717) is 27.9 Å². The first-order chi connectivity index (χ1) is 14.3. The summed E-state index contributed by atoms with van der Waals surface area (Å²) in [6.45, 7) is 6.29. The molecule has 1 amide bonds. The Morgan fingerprint density at radius 1 is 1.07 bits per heavy atom. The minimum absolute atomic E-state index is 0.131. The molecule has 2 aromatic heterocycles. The molecule has 154 valence electrons. The molecule has 4 aromatic rings. The lowest BCUT2D eigenvalue weighted by Crippen LogP contribution is -2.12. The van der Waals surface area contributed by atoms with E-state index in [1.54, 1.807) is 18.2 Å². The van der Waals surface area contributed by atoms with E-state index in [0.717, 1.165) is 16.3 Å². The quantitative estimate of drug-likeness (QED) is 0.359. The number of rotatable bonds is 5. The van der Waals surface area contributed by atoms with Crippen molar-refractivity contribution in [2.24, 2.45) is 0 Å². The summed E-state index contributed by atoms with van der Waals surface area (Å²) in [5.74, 6) is 0.429. The molecule has 0 fully saturated rings. The van der Waals surface area contributed by atoms with Crippen molar-refractivity contribution < 1.29 is 4.79 Å². The molecule has 8 heteroatoms. The summed E-state index contributed by atoms with van der Waals surface area (Å²) in [6.07, 6.45) is 0.310. The molecule has 2 aromatic carbocycles. The number of nitrogens with one attached hydrogen (secondary N) is 1. The second-order valence-corrected chi connectivity index (χ2v) is 9.16. The number of aryl methyl sites for hydroxylation is 3. The van der Waals surface area contributed by atoms with Gasteiger partial charge in [-0.05, 0) is 62.2 Å². The molecule has 30 heavy (non-hydrogen) atoms. The smallest absolute Gasteiger partial charge is 0.225 e. The molecule has 0 saturated heterocycles. The third-order valence-corrected chi connectivity index (χ3v) is 6.36. The van der Waals surface area contributed by atoms with Gasteiger partial charge in [-0.25, -0.2) is 0 Å². The fourth-order valence-electron chi connectivity index (χ4n) is 3.55. The molecule has 0 unspecified atom stereocenters. The highest BCUT2D eigenvalue weighted by molar-refractivity contribution is 7.99. The number of aromatic nitrogens is 3. The van der Waals surface area contributed by atoms with E-state index in [4.69, 9.17) is 23.2 Å². The second-order valence-electron chi connectivity index (χ2n) is 7.25. The number of halogens is 2. The molecule has 0 saturated carbocycles. The van der Waals surface area contributed by atoms with Crippen LogP contribution in [0.25, 0.3) is 16.6 Å². The summed E-state index contributed by atoms with van der Waals surface area (Å²) < 4.78 is 2.08. The number of benzene rings is 2. The Kier molecular flexibility index (Phi) is 5.91. The molecule has 0 aliphatic heterocycles. The van der Waals surface area contributed by atoms with E-state index in [2.05, 4.69) is 52.8 Å². The van der Waals surface area contributed by atoms with Gasteiger partial charge in [0.15, 0.2) is 10.8 Å². The molecule has 0 aliphatic carbocycles. The topological polar surface area (TPSA) is 59.3 Å². The standard InChI is InChI=1S/C22H20Cl2N4OS/c1-12-8-14(3)21-16(9-12)13(2)10-19-26-27-22(28(19)21)30-7-6-20(29)25-18-11-15(23)4-5-17(18)24/h4-5,8-11H,6-7H2,1-3H3,(H,25,29). The number of amides is 1. The lowest BCUT2D eigenvalue weighted by molar-refractivity contribution is -0.115. The minimum atomic E-state index is -0.131. The van der Waals surface area contributed by atoms with Crippen molar-refractivity contribution in [1.82, 2.24) is 14.6 Å². The van der Waals surface area contributed by atoms with Crippen molar-refractivity contribution in [3.63, 3.8) is 0 Å². The van der Waals surface area contributed by atoms with Crippen LogP contribution in [0.15, 0.2) is 41.6 Å². The van der Waals surface area contributed by atoms with Gasteiger partial charge in [0.2, 0.25) is 5.91 Å². The van der Waals surface area contributed by atoms with Gasteiger partial charge in [0.05, 0.1) is 16.2 Å². The van der Waals surface area contributed by atoms with Crippen LogP contribution in [0, 0.1) is 20.8 Å². The average molecular weight is 459 g/mol. The summed E-state index contributed by atoms with van der Waals surface area (Å²) in [6, 6.07) is 11.4. The third kappa shape index (κ3) is 4.13. The van der Waals surface area contributed by atoms with Crippen molar-refractivity contribution in [3.05, 3.63) is 63.1 Å². The molecule has 2 heterocycles. The molecule has 0 atom stereocenters. The summed E-state index contributed by atoms with van der Waals surface area (Å²) in [7, 11) is 0. The molecular formula is C22H20Cl2N4OS. The zero-order valence-electron chi connectivity index (χ0n) is 16.8. The fraction of sp³-hybridized carbons (Fsp3) is 0.227. The Morgan fingerprint density at radius 3 is 2.67 bits per heavy atom. The average Bonchev–Trinajstić information content (AvgIpc) is 3.07. The minimum Gasteiger partial charge on any atom is -0.325 e. The maximum absolute atomic E-state index is 12.3. The van der Waals surface area contributed by atoms with Crippen molar-refractivity contribution >= 4 is 63.1 Å². The van der Waals surface area contributed by atoms with Gasteiger partial charge in [0.25, 0.3) is 0 Å². The predicted molar refractivity (Wildman–Crippen MR) is 125 cm³/mol. The lowest BCUT2D eigenvalue weighted by Gasteiger charge is -2.11. The molecule has 4 rings (SSSR count). The summed E-state index contributed by atoms with van der Waals surface area (Å²) in [5.41, 5.74) is 6.00. The molecule has 0 bridgehead atoms. The van der Waals surface area contributed by atoms with Crippen LogP contribution < -0.4 is 5.32 Å². The van der Waals surface area contributed by atoms with Gasteiger partial charge in [-0.1, -0.05) is 46.6 Å². The van der Waals surface area contributed by atoms with Crippen LogP contribution in [-0.2, 0) is 4.79 Å². The van der Waals surface area contributed by atoms with Gasteiger partial charge in [-0.3, -0.25) is 9.20 Å². The molecule has 0 spiro atoms. The number of hydrogen-bond donors (Lipinski definition) is 1. The zero-order valence-corrected chi connectivity index (χ0v) is 19.1. The van der Waals surface area contributed by atoms with Crippen LogP contribution in [0.2, 0.25) is 10.0 Å². The van der Waals surface area contributed by atoms with Gasteiger partial charge in [0.1, 0.15) is 0 Å². The normalized spacial score (nSPS) is 11.4. The Balaban J connectivity index is 1.54. The van der Waals surface area contributed by atoms with Gasteiger partial charge in [-0.15, -0.1) is 10.2 Å². The first kappa shape index (κ1) is 21.0. The Morgan fingerprint density at radius 2 is 1.87 bits per heavy atom. The molecule has 0 radical (unpaired) electrons. The van der Waals surface area contributed by atoms with Gasteiger partial charge < -0.3 is 5.32 Å². The zero-order chi connectivity index (χ0) is 21.4. The van der Waals surface area contributed by atoms with Crippen LogP contribution in [0.4, 0.5) is 5.69 Å². The van der Waals surface area contributed by atoms with Crippen LogP contribution in [0.3, 0.4) is 0 Å². The molecule has 0 aliphatic rings. The third-order valence-electron chi connectivity index (χ3n) is 4.86. The van der Waals surface area contributed by atoms with E-state index < -0.39 is 0 Å². The van der Waals surface area contributed by atoms with Crippen molar-refractivity contribution in [3.8, 4) is 0 Å². The first-order valence-corrected chi connectivity index (χ1v) is 11.2. The van der Waals surface area contributed by atoms with Gasteiger partial charge in [0, 0.05) is 22.6 Å². The van der Waals surface area contributed by atoms with Crippen LogP contribution in [-0.4, -0.2) is 26.3 Å². The van der Waals surface area contributed by atoms with Gasteiger partial charge >= 0.3 is 0 Å². The fourth-order valence-corrected chi connectivity index (χ4v) is 4.77. The largest absolute Gasteiger partial charge is 0.325 e. The van der Waals surface area contributed by atoms with Crippen molar-refractivity contribution in [1.29, 1.82) is 0 Å². The monoisotopic (exact) mass is 458 g/mol. The predicted octanol–water partition coefficient (Wildman–Crippen LogP) is 6.24. The number of pyridine rings is 1. The Bertz CT molecular complexity index is 1290. The van der Waals surface area contributed by atoms with E-state index in [1.807, 2.05) is 6.07 Å². The number of carbonyl (C=O) groups excluding carboxylic acids is 1. The number of nitrogens with zero attached hydrogens (tertiary/aromatic N) is 3. The van der Waals surface area contributed by atoms with Crippen LogP contribution >= 0.6 is 35.0 Å².